The van der Waals surface area contributed by atoms with E-state index in [9.17, 15) is 4.57 Å². The minimum Gasteiger partial charge on any atom is -0.301 e. The van der Waals surface area contributed by atoms with Crippen molar-refractivity contribution in [1.29, 1.82) is 5.26 Å². The third kappa shape index (κ3) is 11.5. The van der Waals surface area contributed by atoms with Gasteiger partial charge in [-0.1, -0.05) is 0 Å². The topological polar surface area (TPSA) is 103 Å². The zero-order chi connectivity index (χ0) is 6.62. The molecule has 0 spiro atoms. The van der Waals surface area contributed by atoms with Gasteiger partial charge < -0.3 is 9.79 Å². The number of hydrogen-bond acceptors (Lipinski definition) is 4. The molecule has 0 rings (SSSR count). The summed E-state index contributed by atoms with van der Waals surface area (Å²) >= 11 is 0. The largest absolute Gasteiger partial charge is 0.491 e. The molecule has 0 aromatic heterocycles. The van der Waals surface area contributed by atoms with Gasteiger partial charge in [-0.2, -0.15) is 15.4 Å². The van der Waals surface area contributed by atoms with Crippen molar-refractivity contribution < 1.29 is 19.0 Å². The van der Waals surface area contributed by atoms with Crippen LogP contribution in [-0.2, 0) is 9.19 Å². The smallest absolute Gasteiger partial charge is 0.301 e. The molecule has 52 valence electrons. The molecule has 0 atom stereocenters. The van der Waals surface area contributed by atoms with Crippen LogP contribution in [0.2, 0.25) is 0 Å². The highest BCUT2D eigenvalue weighted by Gasteiger charge is 2.12. The Kier molecular flexibility index (Phi) is 6.21. The summed E-state index contributed by atoms with van der Waals surface area (Å²) < 4.78 is 13.1. The van der Waals surface area contributed by atoms with E-state index in [1.54, 1.807) is 0 Å². The highest BCUT2D eigenvalue weighted by Crippen LogP contribution is 2.33. The molecule has 0 radical (unpaired) electrons. The third-order valence-corrected chi connectivity index (χ3v) is 0.539. The second-order valence-electron chi connectivity index (χ2n) is 0.796. The molecule has 0 aliphatic rings. The summed E-state index contributed by atoms with van der Waals surface area (Å²) in [5.41, 5.74) is 1.33. The van der Waals surface area contributed by atoms with E-state index in [0.29, 0.717) is 0 Å². The first kappa shape index (κ1) is 11.7. The first-order valence-electron chi connectivity index (χ1n) is 1.44. The van der Waals surface area contributed by atoms with Gasteiger partial charge in [0.25, 0.3) is 0 Å². The maximum absolute atomic E-state index is 9.65. The van der Waals surface area contributed by atoms with E-state index >= 15 is 0 Å². The lowest BCUT2D eigenvalue weighted by atomic mass is 11.5. The highest BCUT2D eigenvalue weighted by molar-refractivity contribution is 7.46. The maximum Gasteiger partial charge on any atom is 0.491 e. The Morgan fingerprint density at radius 3 is 2.22 bits per heavy atom. The first-order valence-corrected chi connectivity index (χ1v) is 2.97. The van der Waals surface area contributed by atoms with E-state index in [4.69, 9.17) is 15.0 Å². The first-order chi connectivity index (χ1) is 3.56. The molecule has 9 heavy (non-hydrogen) atoms. The molecule has 0 aliphatic carbocycles. The summed E-state index contributed by atoms with van der Waals surface area (Å²) in [5.74, 6) is 0. The predicted octanol–water partition coefficient (Wildman–Crippen LogP) is -2.10. The van der Waals surface area contributed by atoms with Crippen molar-refractivity contribution in [2.75, 3.05) is 0 Å². The van der Waals surface area contributed by atoms with Crippen LogP contribution in [0.15, 0.2) is 0 Å². The van der Waals surface area contributed by atoms with Crippen molar-refractivity contribution in [1.82, 2.24) is 5.48 Å². The number of hydroxylamine groups is 1. The number of rotatable bonds is 2. The Labute approximate surface area is 61.8 Å². The zero-order valence-electron chi connectivity index (χ0n) is 3.61. The van der Waals surface area contributed by atoms with E-state index in [2.05, 4.69) is 4.62 Å². The number of phosphoric acid groups is 1. The van der Waals surface area contributed by atoms with E-state index in [1.165, 1.54) is 5.48 Å². The van der Waals surface area contributed by atoms with Gasteiger partial charge in [0.15, 0.2) is 17.4 Å². The maximum atomic E-state index is 9.65. The second kappa shape index (κ2) is 4.78. The minimum atomic E-state index is -4.52. The van der Waals surface area contributed by atoms with Gasteiger partial charge in [-0.25, -0.2) is 4.57 Å². The average Bonchev–Trinajstić information content (AvgIpc) is 1.59. The number of nitriles is 1. The number of nitrogens with one attached hydrogen (secondary N) is 1. The van der Waals surface area contributed by atoms with E-state index in [0.717, 1.165) is 6.19 Å². The molecule has 0 aromatic rings. The lowest BCUT2D eigenvalue weighted by Crippen LogP contribution is -2.03. The molecule has 0 amide bonds. The third-order valence-electron chi connectivity index (χ3n) is 0.210. The minimum absolute atomic E-state index is 0. The Hall–Kier alpha value is -0.0675. The molecule has 0 heterocycles. The van der Waals surface area contributed by atoms with Gasteiger partial charge in [-0.05, 0) is 0 Å². The van der Waals surface area contributed by atoms with Gasteiger partial charge in [0.1, 0.15) is 0 Å². The molecule has 0 saturated heterocycles. The van der Waals surface area contributed by atoms with Gasteiger partial charge in [0.2, 0.25) is 6.19 Å². The highest BCUT2D eigenvalue weighted by atomic mass is 31.2. The van der Waals surface area contributed by atoms with Crippen LogP contribution in [0.1, 0.15) is 0 Å². The van der Waals surface area contributed by atoms with Gasteiger partial charge in [0, 0.05) is 0 Å². The van der Waals surface area contributed by atoms with Gasteiger partial charge in [-0.3, -0.25) is 0 Å². The number of hydrogen-bond donors (Lipinski definition) is 3. The van der Waals surface area contributed by atoms with Crippen LogP contribution in [0.4, 0.5) is 0 Å². The fourth-order valence-corrected chi connectivity index (χ4v) is 0.240. The Morgan fingerprint density at radius 1 is 1.67 bits per heavy atom. The fraction of sp³-hybridized carbons (Fsp3) is 0. The molecular formula is CH6AlN2O4P. The van der Waals surface area contributed by atoms with Crippen LogP contribution in [0, 0.1) is 11.5 Å². The van der Waals surface area contributed by atoms with Gasteiger partial charge in [0.05, 0.1) is 0 Å². The zero-order valence-corrected chi connectivity index (χ0v) is 4.50. The molecule has 0 unspecified atom stereocenters. The molecule has 0 aromatic carbocycles. The SMILES string of the molecule is N#CNOP(=O)(O)O.[AlH3]. The average molecular weight is 168 g/mol. The summed E-state index contributed by atoms with van der Waals surface area (Å²) in [6.45, 7) is 0. The molecule has 0 bridgehead atoms. The molecule has 3 N–H and O–H groups in total. The number of nitrogens with zero attached hydrogens (tertiary/aromatic N) is 1. The van der Waals surface area contributed by atoms with Crippen molar-refractivity contribution in [3.8, 4) is 6.19 Å². The van der Waals surface area contributed by atoms with Crippen molar-refractivity contribution in [2.24, 2.45) is 0 Å². The van der Waals surface area contributed by atoms with Gasteiger partial charge >= 0.3 is 7.82 Å². The van der Waals surface area contributed by atoms with E-state index in [-0.39, 0.29) is 17.4 Å². The normalized spacial score (nSPS) is 9.00. The summed E-state index contributed by atoms with van der Waals surface area (Å²) in [5, 5.41) is 7.60. The van der Waals surface area contributed by atoms with Crippen molar-refractivity contribution >= 4 is 25.2 Å². The second-order valence-corrected chi connectivity index (χ2v) is 1.96. The van der Waals surface area contributed by atoms with Crippen LogP contribution < -0.4 is 5.48 Å². The van der Waals surface area contributed by atoms with Crippen LogP contribution in [0.5, 0.6) is 0 Å². The molecule has 6 nitrogen and oxygen atoms in total. The van der Waals surface area contributed by atoms with Crippen LogP contribution in [0.3, 0.4) is 0 Å². The summed E-state index contributed by atoms with van der Waals surface area (Å²) in [6, 6.07) is 0. The predicted molar refractivity (Wildman–Crippen MR) is 31.8 cm³/mol. The lowest BCUT2D eigenvalue weighted by Gasteiger charge is -1.97. The molecule has 0 saturated carbocycles. The van der Waals surface area contributed by atoms with Gasteiger partial charge in [-0.15, -0.1) is 0 Å². The van der Waals surface area contributed by atoms with Crippen molar-refractivity contribution in [2.45, 2.75) is 0 Å². The Morgan fingerprint density at radius 2 is 2.11 bits per heavy atom. The lowest BCUT2D eigenvalue weighted by molar-refractivity contribution is 0.157. The monoisotopic (exact) mass is 168 g/mol. The Bertz CT molecular complexity index is 147. The molecule has 0 aliphatic heterocycles. The van der Waals surface area contributed by atoms with Crippen molar-refractivity contribution in [3.05, 3.63) is 0 Å². The Balaban J connectivity index is 0. The molecule has 8 heteroatoms. The van der Waals surface area contributed by atoms with Crippen LogP contribution >= 0.6 is 7.82 Å². The molecule has 0 fully saturated rings. The van der Waals surface area contributed by atoms with E-state index < -0.39 is 7.82 Å². The van der Waals surface area contributed by atoms with Crippen LogP contribution in [0.25, 0.3) is 0 Å². The van der Waals surface area contributed by atoms with E-state index in [1.807, 2.05) is 0 Å². The fourth-order valence-electron chi connectivity index (χ4n) is 0.0799. The standard InChI is InChI=1S/CH3N2O4P.Al.3H/c2-1-3-7-8(4,5)6;;;;/h3H,(H2,4,5,6);;;;. The quantitative estimate of drug-likeness (QED) is 0.143. The summed E-state index contributed by atoms with van der Waals surface area (Å²) in [6.07, 6.45) is 1.16. The molecular weight excluding hydrogens is 162 g/mol. The van der Waals surface area contributed by atoms with Crippen molar-refractivity contribution in [3.63, 3.8) is 0 Å². The van der Waals surface area contributed by atoms with Crippen LogP contribution in [-0.4, -0.2) is 27.1 Å². The summed E-state index contributed by atoms with van der Waals surface area (Å²) in [4.78, 5) is 15.6. The summed E-state index contributed by atoms with van der Waals surface area (Å²) in [7, 11) is -4.52.